The van der Waals surface area contributed by atoms with Crippen molar-refractivity contribution in [1.82, 2.24) is 20.0 Å². The largest absolute Gasteiger partial charge is 0.373 e. The number of carbonyl (C=O) groups excluding carboxylic acids is 1. The Bertz CT molecular complexity index is 552. The minimum Gasteiger partial charge on any atom is -0.373 e. The Labute approximate surface area is 166 Å². The second kappa shape index (κ2) is 10.6. The Morgan fingerprint density at radius 1 is 1.44 bits per heavy atom. The molecule has 0 saturated carbocycles. The monoisotopic (exact) mass is 410 g/mol. The van der Waals surface area contributed by atoms with Gasteiger partial charge >= 0.3 is 0 Å². The van der Waals surface area contributed by atoms with E-state index in [1.807, 2.05) is 28.3 Å². The lowest BCUT2D eigenvalue weighted by Gasteiger charge is -2.34. The van der Waals surface area contributed by atoms with Crippen LogP contribution in [0.2, 0.25) is 0 Å². The van der Waals surface area contributed by atoms with Crippen LogP contribution in [0.1, 0.15) is 17.8 Å². The minimum atomic E-state index is 0. The molecule has 2 fully saturated rings. The summed E-state index contributed by atoms with van der Waals surface area (Å²) in [6, 6.07) is 2.39. The van der Waals surface area contributed by atoms with Crippen LogP contribution in [0, 0.1) is 13.8 Å². The number of hydrogen-bond donors (Lipinski definition) is 1. The predicted octanol–water partition coefficient (Wildman–Crippen LogP) is 1.67. The first-order valence-electron chi connectivity index (χ1n) is 8.33. The molecular weight excluding hydrogens is 383 g/mol. The third-order valence-corrected chi connectivity index (χ3v) is 5.52. The molecule has 1 amide bonds. The third kappa shape index (κ3) is 6.32. The maximum Gasteiger partial charge on any atom is 0.224 e. The zero-order chi connectivity index (χ0) is 16.2. The van der Waals surface area contributed by atoms with Gasteiger partial charge < -0.3 is 15.0 Å². The van der Waals surface area contributed by atoms with Gasteiger partial charge in [-0.1, -0.05) is 0 Å². The highest BCUT2D eigenvalue weighted by atomic mass is 35.5. The topological polar surface area (TPSA) is 59.4 Å². The number of ether oxygens (including phenoxy) is 1. The van der Waals surface area contributed by atoms with Gasteiger partial charge in [0.2, 0.25) is 5.91 Å². The number of thioether (sulfide) groups is 1. The van der Waals surface area contributed by atoms with Crippen LogP contribution in [0.25, 0.3) is 0 Å². The highest BCUT2D eigenvalue weighted by molar-refractivity contribution is 7.99. The second-order valence-electron chi connectivity index (χ2n) is 6.37. The van der Waals surface area contributed by atoms with Gasteiger partial charge in [0.1, 0.15) is 0 Å². The van der Waals surface area contributed by atoms with Crippen molar-refractivity contribution in [3.05, 3.63) is 17.5 Å². The average molecular weight is 411 g/mol. The molecule has 25 heavy (non-hydrogen) atoms. The highest BCUT2D eigenvalue weighted by Gasteiger charge is 2.27. The fraction of sp³-hybridized carbons (Fsp3) is 0.750. The van der Waals surface area contributed by atoms with Gasteiger partial charge in [0, 0.05) is 49.3 Å². The number of morpholine rings is 1. The first kappa shape index (κ1) is 22.6. The van der Waals surface area contributed by atoms with Gasteiger partial charge in [-0.25, -0.2) is 0 Å². The van der Waals surface area contributed by atoms with E-state index < -0.39 is 0 Å². The maximum absolute atomic E-state index is 12.5. The molecule has 6 nitrogen and oxygen atoms in total. The molecule has 1 aromatic heterocycles. The van der Waals surface area contributed by atoms with Crippen LogP contribution in [0.5, 0.6) is 0 Å². The molecule has 0 radical (unpaired) electrons. The molecule has 0 aromatic carbocycles. The number of amides is 1. The van der Waals surface area contributed by atoms with E-state index in [0.29, 0.717) is 38.7 Å². The Kier molecular flexibility index (Phi) is 9.59. The van der Waals surface area contributed by atoms with E-state index in [1.54, 1.807) is 0 Å². The molecule has 0 aliphatic carbocycles. The summed E-state index contributed by atoms with van der Waals surface area (Å²) in [6.07, 6.45) is 0.624. The van der Waals surface area contributed by atoms with Crippen LogP contribution >= 0.6 is 36.6 Å². The van der Waals surface area contributed by atoms with Crippen molar-refractivity contribution in [1.29, 1.82) is 0 Å². The Morgan fingerprint density at radius 3 is 2.88 bits per heavy atom. The molecule has 9 heteroatoms. The quantitative estimate of drug-likeness (QED) is 0.817. The number of nitrogens with one attached hydrogen (secondary N) is 1. The van der Waals surface area contributed by atoms with Gasteiger partial charge in [-0.3, -0.25) is 9.48 Å². The van der Waals surface area contributed by atoms with Gasteiger partial charge in [-0.05, 0) is 19.9 Å². The number of halogens is 2. The van der Waals surface area contributed by atoms with E-state index >= 15 is 0 Å². The van der Waals surface area contributed by atoms with Crippen molar-refractivity contribution in [2.45, 2.75) is 39.0 Å². The van der Waals surface area contributed by atoms with E-state index in [2.05, 4.69) is 23.4 Å². The highest BCUT2D eigenvalue weighted by Crippen LogP contribution is 2.14. The lowest BCUT2D eigenvalue weighted by molar-refractivity contribution is -0.139. The Hall–Kier alpha value is -0.470. The van der Waals surface area contributed by atoms with Gasteiger partial charge in [-0.15, -0.1) is 24.8 Å². The zero-order valence-electron chi connectivity index (χ0n) is 14.8. The summed E-state index contributed by atoms with van der Waals surface area (Å²) < 4.78 is 7.82. The SMILES string of the molecule is Cc1cc(C)n(CC2CN(C(=O)CC3CSCCN3)CCO2)n1.Cl.Cl. The van der Waals surface area contributed by atoms with Crippen LogP contribution in [0.3, 0.4) is 0 Å². The van der Waals surface area contributed by atoms with Crippen molar-refractivity contribution in [2.24, 2.45) is 0 Å². The van der Waals surface area contributed by atoms with Crippen molar-refractivity contribution >= 4 is 42.5 Å². The molecule has 1 N–H and O–H groups in total. The molecule has 2 aliphatic rings. The van der Waals surface area contributed by atoms with Crippen LogP contribution in [0.15, 0.2) is 6.07 Å². The van der Waals surface area contributed by atoms with E-state index in [0.717, 1.165) is 29.4 Å². The summed E-state index contributed by atoms with van der Waals surface area (Å²) >= 11 is 1.93. The van der Waals surface area contributed by atoms with E-state index in [9.17, 15) is 4.79 Å². The average Bonchev–Trinajstić information content (AvgIpc) is 2.86. The molecule has 2 saturated heterocycles. The number of rotatable bonds is 4. The minimum absolute atomic E-state index is 0. The Morgan fingerprint density at radius 2 is 2.24 bits per heavy atom. The zero-order valence-corrected chi connectivity index (χ0v) is 17.2. The first-order valence-corrected chi connectivity index (χ1v) is 9.49. The molecule has 2 aliphatic heterocycles. The van der Waals surface area contributed by atoms with E-state index in [-0.39, 0.29) is 36.8 Å². The fourth-order valence-corrected chi connectivity index (χ4v) is 4.15. The fourth-order valence-electron chi connectivity index (χ4n) is 3.20. The van der Waals surface area contributed by atoms with Crippen molar-refractivity contribution < 1.29 is 9.53 Å². The second-order valence-corrected chi connectivity index (χ2v) is 7.52. The molecule has 3 rings (SSSR count). The summed E-state index contributed by atoms with van der Waals surface area (Å²) in [6.45, 7) is 7.74. The van der Waals surface area contributed by atoms with E-state index in [4.69, 9.17) is 4.74 Å². The molecule has 3 heterocycles. The molecule has 0 spiro atoms. The molecule has 2 unspecified atom stereocenters. The summed E-state index contributed by atoms with van der Waals surface area (Å²) in [5.41, 5.74) is 2.16. The number of aromatic nitrogens is 2. The van der Waals surface area contributed by atoms with Gasteiger partial charge in [0.15, 0.2) is 0 Å². The van der Waals surface area contributed by atoms with Gasteiger partial charge in [0.05, 0.1) is 24.9 Å². The summed E-state index contributed by atoms with van der Waals surface area (Å²) in [4.78, 5) is 14.5. The number of aryl methyl sites for hydroxylation is 2. The van der Waals surface area contributed by atoms with Crippen molar-refractivity contribution in [3.63, 3.8) is 0 Å². The summed E-state index contributed by atoms with van der Waals surface area (Å²) in [5.74, 6) is 2.42. The maximum atomic E-state index is 12.5. The standard InChI is InChI=1S/C16H26N4O2S.2ClH/c1-12-7-13(2)20(18-12)10-15-9-19(4-5-22-15)16(21)8-14-11-23-6-3-17-14;;/h7,14-15,17H,3-6,8-11H2,1-2H3;2*1H. The lowest BCUT2D eigenvalue weighted by atomic mass is 10.2. The number of hydrogen-bond acceptors (Lipinski definition) is 5. The smallest absolute Gasteiger partial charge is 0.224 e. The van der Waals surface area contributed by atoms with Crippen LogP contribution < -0.4 is 5.32 Å². The Balaban J connectivity index is 0.00000156. The molecular formula is C16H28Cl2N4O2S. The van der Waals surface area contributed by atoms with E-state index in [1.165, 1.54) is 0 Å². The molecule has 144 valence electrons. The normalized spacial score (nSPS) is 23.5. The molecule has 1 aromatic rings. The van der Waals surface area contributed by atoms with Crippen LogP contribution in [-0.4, -0.2) is 70.5 Å². The summed E-state index contributed by atoms with van der Waals surface area (Å²) in [5, 5.41) is 7.92. The van der Waals surface area contributed by atoms with Gasteiger partial charge in [0.25, 0.3) is 0 Å². The van der Waals surface area contributed by atoms with Gasteiger partial charge in [-0.2, -0.15) is 16.9 Å². The first-order chi connectivity index (χ1) is 11.1. The number of nitrogens with zero attached hydrogens (tertiary/aromatic N) is 3. The lowest BCUT2D eigenvalue weighted by Crippen LogP contribution is -2.49. The van der Waals surface area contributed by atoms with Crippen LogP contribution in [-0.2, 0) is 16.1 Å². The van der Waals surface area contributed by atoms with Crippen molar-refractivity contribution in [3.8, 4) is 0 Å². The molecule has 2 atom stereocenters. The number of carbonyl (C=O) groups is 1. The summed E-state index contributed by atoms with van der Waals surface area (Å²) in [7, 11) is 0. The molecule has 0 bridgehead atoms. The van der Waals surface area contributed by atoms with Crippen LogP contribution in [0.4, 0.5) is 0 Å². The predicted molar refractivity (Wildman–Crippen MR) is 106 cm³/mol. The van der Waals surface area contributed by atoms with Crippen molar-refractivity contribution in [2.75, 3.05) is 37.7 Å². The third-order valence-electron chi connectivity index (χ3n) is 4.39.